The standard InChI is InChI=1S/C9H12N4O3/c1-12-4-6(14)11-9(12)13-3-5(8(10)16)2-7(13)15/h5H,2-4H2,1H3,(H2,10,16). The van der Waals surface area contributed by atoms with Gasteiger partial charge in [0.05, 0.1) is 5.92 Å². The largest absolute Gasteiger partial charge is 0.369 e. The van der Waals surface area contributed by atoms with Crippen LogP contribution in [-0.2, 0) is 14.4 Å². The van der Waals surface area contributed by atoms with E-state index in [9.17, 15) is 14.4 Å². The second kappa shape index (κ2) is 3.58. The lowest BCUT2D eigenvalue weighted by Gasteiger charge is -2.21. The van der Waals surface area contributed by atoms with Gasteiger partial charge in [-0.15, -0.1) is 0 Å². The van der Waals surface area contributed by atoms with E-state index in [1.807, 2.05) is 0 Å². The van der Waals surface area contributed by atoms with Crippen molar-refractivity contribution in [3.8, 4) is 0 Å². The van der Waals surface area contributed by atoms with Gasteiger partial charge in [-0.2, -0.15) is 4.99 Å². The summed E-state index contributed by atoms with van der Waals surface area (Å²) in [6.07, 6.45) is 0.0936. The second-order valence-electron chi connectivity index (χ2n) is 3.97. The molecule has 2 heterocycles. The zero-order valence-corrected chi connectivity index (χ0v) is 8.84. The maximum Gasteiger partial charge on any atom is 0.268 e. The Morgan fingerprint density at radius 2 is 2.19 bits per heavy atom. The molecule has 0 radical (unpaired) electrons. The molecule has 0 spiro atoms. The molecule has 86 valence electrons. The van der Waals surface area contributed by atoms with Crippen molar-refractivity contribution in [3.05, 3.63) is 0 Å². The third-order valence-corrected chi connectivity index (χ3v) is 2.71. The van der Waals surface area contributed by atoms with Gasteiger partial charge in [0.1, 0.15) is 6.54 Å². The Kier molecular flexibility index (Phi) is 2.37. The molecule has 16 heavy (non-hydrogen) atoms. The molecule has 2 N–H and O–H groups in total. The Bertz CT molecular complexity index is 404. The van der Waals surface area contributed by atoms with Crippen LogP contribution in [0.15, 0.2) is 4.99 Å². The monoisotopic (exact) mass is 224 g/mol. The van der Waals surface area contributed by atoms with Gasteiger partial charge in [0.25, 0.3) is 5.91 Å². The van der Waals surface area contributed by atoms with E-state index in [2.05, 4.69) is 4.99 Å². The summed E-state index contributed by atoms with van der Waals surface area (Å²) in [5.41, 5.74) is 5.14. The van der Waals surface area contributed by atoms with Gasteiger partial charge in [-0.05, 0) is 0 Å². The lowest BCUT2D eigenvalue weighted by atomic mass is 10.1. The molecule has 0 aromatic carbocycles. The van der Waals surface area contributed by atoms with Crippen LogP contribution in [0.25, 0.3) is 0 Å². The molecule has 0 bridgehead atoms. The fraction of sp³-hybridized carbons (Fsp3) is 0.556. The van der Waals surface area contributed by atoms with Crippen molar-refractivity contribution in [1.82, 2.24) is 9.80 Å². The van der Waals surface area contributed by atoms with Crippen LogP contribution >= 0.6 is 0 Å². The fourth-order valence-corrected chi connectivity index (χ4v) is 1.86. The summed E-state index contributed by atoms with van der Waals surface area (Å²) in [6, 6.07) is 0. The molecule has 2 rings (SSSR count). The molecular weight excluding hydrogens is 212 g/mol. The Labute approximate surface area is 91.9 Å². The predicted octanol–water partition coefficient (Wildman–Crippen LogP) is -1.85. The molecule has 1 atom stereocenters. The molecule has 1 saturated heterocycles. The van der Waals surface area contributed by atoms with Gasteiger partial charge >= 0.3 is 0 Å². The van der Waals surface area contributed by atoms with Crippen molar-refractivity contribution in [2.45, 2.75) is 6.42 Å². The van der Waals surface area contributed by atoms with E-state index < -0.39 is 11.8 Å². The van der Waals surface area contributed by atoms with Crippen molar-refractivity contribution in [2.24, 2.45) is 16.6 Å². The summed E-state index contributed by atoms with van der Waals surface area (Å²) in [5, 5.41) is 0. The Morgan fingerprint density at radius 1 is 1.50 bits per heavy atom. The highest BCUT2D eigenvalue weighted by Gasteiger charge is 2.38. The van der Waals surface area contributed by atoms with E-state index >= 15 is 0 Å². The summed E-state index contributed by atoms with van der Waals surface area (Å²) >= 11 is 0. The van der Waals surface area contributed by atoms with Gasteiger partial charge < -0.3 is 10.6 Å². The van der Waals surface area contributed by atoms with Crippen molar-refractivity contribution in [2.75, 3.05) is 20.1 Å². The molecule has 1 unspecified atom stereocenters. The zero-order valence-electron chi connectivity index (χ0n) is 8.84. The number of aliphatic imine (C=N–C) groups is 1. The molecule has 7 nitrogen and oxygen atoms in total. The number of amides is 3. The van der Waals surface area contributed by atoms with Crippen molar-refractivity contribution in [3.63, 3.8) is 0 Å². The number of guanidine groups is 1. The molecule has 0 aliphatic carbocycles. The number of primary amides is 1. The first kappa shape index (κ1) is 10.6. The van der Waals surface area contributed by atoms with Gasteiger partial charge in [0.2, 0.25) is 17.8 Å². The number of likely N-dealkylation sites (tertiary alicyclic amines) is 1. The zero-order chi connectivity index (χ0) is 11.9. The highest BCUT2D eigenvalue weighted by atomic mass is 16.2. The maximum atomic E-state index is 11.6. The molecule has 2 aliphatic heterocycles. The van der Waals surface area contributed by atoms with E-state index in [0.717, 1.165) is 0 Å². The molecular formula is C9H12N4O3. The van der Waals surface area contributed by atoms with Gasteiger partial charge in [-0.1, -0.05) is 0 Å². The number of hydrogen-bond acceptors (Lipinski definition) is 4. The number of rotatable bonds is 1. The summed E-state index contributed by atoms with van der Waals surface area (Å²) in [5.74, 6) is -1.17. The van der Waals surface area contributed by atoms with Gasteiger partial charge in [-0.25, -0.2) is 0 Å². The summed E-state index contributed by atoms with van der Waals surface area (Å²) in [7, 11) is 1.68. The van der Waals surface area contributed by atoms with Crippen LogP contribution in [0.1, 0.15) is 6.42 Å². The van der Waals surface area contributed by atoms with Crippen LogP contribution in [-0.4, -0.2) is 53.6 Å². The first-order valence-electron chi connectivity index (χ1n) is 4.91. The van der Waals surface area contributed by atoms with E-state index in [-0.39, 0.29) is 31.3 Å². The SMILES string of the molecule is CN1CC(=O)N=C1N1CC(C(N)=O)CC1=O. The minimum absolute atomic E-state index is 0.0936. The van der Waals surface area contributed by atoms with Crippen LogP contribution in [0.3, 0.4) is 0 Å². The minimum Gasteiger partial charge on any atom is -0.369 e. The summed E-state index contributed by atoms with van der Waals surface area (Å²) in [6.45, 7) is 0.380. The number of likely N-dealkylation sites (N-methyl/N-ethyl adjacent to an activating group) is 1. The number of nitrogens with zero attached hydrogens (tertiary/aromatic N) is 3. The first-order chi connectivity index (χ1) is 7.49. The Morgan fingerprint density at radius 3 is 2.62 bits per heavy atom. The third-order valence-electron chi connectivity index (χ3n) is 2.71. The average Bonchev–Trinajstić information content (AvgIpc) is 2.69. The fourth-order valence-electron chi connectivity index (χ4n) is 1.86. The first-order valence-corrected chi connectivity index (χ1v) is 4.91. The molecule has 1 fully saturated rings. The van der Waals surface area contributed by atoms with Crippen LogP contribution in [0.2, 0.25) is 0 Å². The molecule has 0 aromatic rings. The van der Waals surface area contributed by atoms with Crippen LogP contribution in [0, 0.1) is 5.92 Å². The average molecular weight is 224 g/mol. The maximum absolute atomic E-state index is 11.6. The lowest BCUT2D eigenvalue weighted by molar-refractivity contribution is -0.126. The van der Waals surface area contributed by atoms with E-state index in [4.69, 9.17) is 5.73 Å². The second-order valence-corrected chi connectivity index (χ2v) is 3.97. The molecule has 0 saturated carbocycles. The quantitative estimate of drug-likeness (QED) is 0.565. The third kappa shape index (κ3) is 1.64. The minimum atomic E-state index is -0.497. The molecule has 2 aliphatic rings. The Balaban J connectivity index is 2.17. The highest BCUT2D eigenvalue weighted by Crippen LogP contribution is 2.20. The van der Waals surface area contributed by atoms with Gasteiger partial charge in [0.15, 0.2) is 0 Å². The predicted molar refractivity (Wildman–Crippen MR) is 54.1 cm³/mol. The van der Waals surface area contributed by atoms with Crippen molar-refractivity contribution >= 4 is 23.7 Å². The topological polar surface area (TPSA) is 96.1 Å². The lowest BCUT2D eigenvalue weighted by Crippen LogP contribution is -2.41. The van der Waals surface area contributed by atoms with Crippen molar-refractivity contribution < 1.29 is 14.4 Å². The van der Waals surface area contributed by atoms with E-state index in [1.54, 1.807) is 11.9 Å². The highest BCUT2D eigenvalue weighted by molar-refractivity contribution is 6.08. The molecule has 3 amide bonds. The summed E-state index contributed by atoms with van der Waals surface area (Å²) < 4.78 is 0. The number of carbonyl (C=O) groups is 3. The Hall–Kier alpha value is -1.92. The van der Waals surface area contributed by atoms with Gasteiger partial charge in [0, 0.05) is 20.0 Å². The van der Waals surface area contributed by atoms with Crippen molar-refractivity contribution in [1.29, 1.82) is 0 Å². The van der Waals surface area contributed by atoms with E-state index in [1.165, 1.54) is 4.90 Å². The number of carbonyl (C=O) groups excluding carboxylic acids is 3. The smallest absolute Gasteiger partial charge is 0.268 e. The van der Waals surface area contributed by atoms with E-state index in [0.29, 0.717) is 5.96 Å². The molecule has 0 aromatic heterocycles. The normalized spacial score (nSPS) is 25.3. The number of nitrogens with two attached hydrogens (primary N) is 1. The molecule has 7 heteroatoms. The van der Waals surface area contributed by atoms with Crippen LogP contribution in [0.5, 0.6) is 0 Å². The van der Waals surface area contributed by atoms with Crippen LogP contribution in [0.4, 0.5) is 0 Å². The van der Waals surface area contributed by atoms with Gasteiger partial charge in [-0.3, -0.25) is 19.3 Å². The number of hydrogen-bond donors (Lipinski definition) is 1. The van der Waals surface area contributed by atoms with Crippen LogP contribution < -0.4 is 5.73 Å². The summed E-state index contributed by atoms with van der Waals surface area (Å²) in [4.78, 5) is 40.4.